The van der Waals surface area contributed by atoms with E-state index in [4.69, 9.17) is 10.5 Å². The van der Waals surface area contributed by atoms with Gasteiger partial charge in [-0.1, -0.05) is 0 Å². The summed E-state index contributed by atoms with van der Waals surface area (Å²) in [6, 6.07) is 3.12. The van der Waals surface area contributed by atoms with Gasteiger partial charge in [-0.15, -0.1) is 0 Å². The molecule has 0 aromatic heterocycles. The van der Waals surface area contributed by atoms with Crippen molar-refractivity contribution in [2.45, 2.75) is 45.2 Å². The maximum absolute atomic E-state index is 13.0. The van der Waals surface area contributed by atoms with Crippen LogP contribution in [-0.4, -0.2) is 24.1 Å². The van der Waals surface area contributed by atoms with E-state index in [1.165, 1.54) is 0 Å². The second-order valence-electron chi connectivity index (χ2n) is 5.55. The van der Waals surface area contributed by atoms with E-state index in [0.29, 0.717) is 12.8 Å². The number of rotatable bonds is 8. The summed E-state index contributed by atoms with van der Waals surface area (Å²) < 4.78 is 31.3. The van der Waals surface area contributed by atoms with Gasteiger partial charge in [-0.25, -0.2) is 8.78 Å². The summed E-state index contributed by atoms with van der Waals surface area (Å²) >= 11 is 0. The minimum atomic E-state index is -0.829. The molecule has 1 aromatic carbocycles. The maximum Gasteiger partial charge on any atom is 0.237 e. The Kier molecular flexibility index (Phi) is 6.08. The van der Waals surface area contributed by atoms with Crippen LogP contribution >= 0.6 is 0 Å². The molecular weight excluding hydrogens is 278 g/mol. The molecule has 1 atom stereocenters. The normalized spacial score (nSPS) is 14.0. The van der Waals surface area contributed by atoms with E-state index >= 15 is 0 Å². The molecular formula is C15H22F2N2O2. The summed E-state index contributed by atoms with van der Waals surface area (Å²) in [5, 5.41) is 3.12. The third kappa shape index (κ3) is 5.67. The number of halogens is 2. The zero-order valence-corrected chi connectivity index (χ0v) is 12.6. The molecule has 0 heterocycles. The van der Waals surface area contributed by atoms with Crippen molar-refractivity contribution in [3.8, 4) is 5.75 Å². The van der Waals surface area contributed by atoms with Crippen LogP contribution in [0.1, 0.15) is 33.6 Å². The van der Waals surface area contributed by atoms with Gasteiger partial charge in [-0.2, -0.15) is 0 Å². The topological polar surface area (TPSA) is 64.3 Å². The van der Waals surface area contributed by atoms with Crippen LogP contribution in [0.25, 0.3) is 0 Å². The minimum Gasteiger partial charge on any atom is -0.493 e. The largest absolute Gasteiger partial charge is 0.493 e. The fourth-order valence-corrected chi connectivity index (χ4v) is 2.13. The first-order valence-electron chi connectivity index (χ1n) is 6.89. The van der Waals surface area contributed by atoms with Crippen molar-refractivity contribution in [1.29, 1.82) is 0 Å². The Labute approximate surface area is 123 Å². The Bertz CT molecular complexity index is 474. The van der Waals surface area contributed by atoms with Gasteiger partial charge in [0.25, 0.3) is 0 Å². The number of carbonyl (C=O) groups is 1. The first-order chi connectivity index (χ1) is 9.73. The molecule has 1 unspecified atom stereocenters. The van der Waals surface area contributed by atoms with Crippen LogP contribution in [-0.2, 0) is 4.79 Å². The van der Waals surface area contributed by atoms with Crippen LogP contribution < -0.4 is 15.8 Å². The molecule has 118 valence electrons. The van der Waals surface area contributed by atoms with Crippen LogP contribution in [0.3, 0.4) is 0 Å². The van der Waals surface area contributed by atoms with E-state index in [1.807, 2.05) is 13.8 Å². The van der Waals surface area contributed by atoms with Gasteiger partial charge in [0.1, 0.15) is 17.4 Å². The summed E-state index contributed by atoms with van der Waals surface area (Å²) in [6.45, 7) is 5.82. The van der Waals surface area contributed by atoms with E-state index in [0.717, 1.165) is 18.2 Å². The molecule has 0 aliphatic rings. The Morgan fingerprint density at radius 3 is 2.38 bits per heavy atom. The van der Waals surface area contributed by atoms with Gasteiger partial charge >= 0.3 is 0 Å². The van der Waals surface area contributed by atoms with Crippen LogP contribution in [0, 0.1) is 11.6 Å². The first-order valence-corrected chi connectivity index (χ1v) is 6.89. The lowest BCUT2D eigenvalue weighted by Crippen LogP contribution is -2.55. The summed E-state index contributed by atoms with van der Waals surface area (Å²) in [5.74, 6) is -1.68. The highest BCUT2D eigenvalue weighted by Gasteiger charge is 2.30. The molecule has 0 saturated heterocycles. The number of hydrogen-bond donors (Lipinski definition) is 2. The van der Waals surface area contributed by atoms with Gasteiger partial charge in [-0.3, -0.25) is 4.79 Å². The van der Waals surface area contributed by atoms with E-state index in [1.54, 1.807) is 6.92 Å². The number of primary amides is 1. The van der Waals surface area contributed by atoms with Crippen LogP contribution in [0.2, 0.25) is 0 Å². The Balaban J connectivity index is 2.49. The molecule has 1 aromatic rings. The predicted octanol–water partition coefficient (Wildman–Crippen LogP) is 2.37. The Morgan fingerprint density at radius 2 is 1.90 bits per heavy atom. The molecule has 1 rings (SSSR count). The molecule has 6 heteroatoms. The third-order valence-corrected chi connectivity index (χ3v) is 3.08. The van der Waals surface area contributed by atoms with E-state index in [-0.39, 0.29) is 18.4 Å². The monoisotopic (exact) mass is 300 g/mol. The quantitative estimate of drug-likeness (QED) is 0.724. The SMILES string of the molecule is CC(C)NC(C)(CCCOc1cc(F)cc(F)c1)C(N)=O. The molecule has 0 saturated carbocycles. The molecule has 0 spiro atoms. The summed E-state index contributed by atoms with van der Waals surface area (Å²) in [5.41, 5.74) is 4.58. The summed E-state index contributed by atoms with van der Waals surface area (Å²) in [7, 11) is 0. The highest BCUT2D eigenvalue weighted by atomic mass is 19.1. The van der Waals surface area contributed by atoms with Gasteiger partial charge in [0.15, 0.2) is 0 Å². The van der Waals surface area contributed by atoms with Crippen molar-refractivity contribution < 1.29 is 18.3 Å². The van der Waals surface area contributed by atoms with E-state index in [9.17, 15) is 13.6 Å². The third-order valence-electron chi connectivity index (χ3n) is 3.08. The number of nitrogens with one attached hydrogen (secondary N) is 1. The molecule has 0 aliphatic heterocycles. The first kappa shape index (κ1) is 17.4. The van der Waals surface area contributed by atoms with Crippen LogP contribution in [0.4, 0.5) is 8.78 Å². The molecule has 0 radical (unpaired) electrons. The lowest BCUT2D eigenvalue weighted by Gasteiger charge is -2.29. The minimum absolute atomic E-state index is 0.112. The number of nitrogens with two attached hydrogens (primary N) is 1. The van der Waals surface area contributed by atoms with Crippen LogP contribution in [0.5, 0.6) is 5.75 Å². The second-order valence-corrected chi connectivity index (χ2v) is 5.55. The number of carbonyl (C=O) groups excluding carboxylic acids is 1. The number of hydrogen-bond acceptors (Lipinski definition) is 3. The number of benzene rings is 1. The number of ether oxygens (including phenoxy) is 1. The maximum atomic E-state index is 13.0. The van der Waals surface area contributed by atoms with E-state index < -0.39 is 23.1 Å². The van der Waals surface area contributed by atoms with Gasteiger partial charge in [-0.05, 0) is 33.6 Å². The smallest absolute Gasteiger partial charge is 0.237 e. The molecule has 0 aliphatic carbocycles. The lowest BCUT2D eigenvalue weighted by atomic mass is 9.94. The fraction of sp³-hybridized carbons (Fsp3) is 0.533. The highest BCUT2D eigenvalue weighted by Crippen LogP contribution is 2.17. The van der Waals surface area contributed by atoms with Gasteiger partial charge < -0.3 is 15.8 Å². The lowest BCUT2D eigenvalue weighted by molar-refractivity contribution is -0.124. The van der Waals surface area contributed by atoms with Crippen molar-refractivity contribution in [2.24, 2.45) is 5.73 Å². The van der Waals surface area contributed by atoms with Crippen molar-refractivity contribution >= 4 is 5.91 Å². The van der Waals surface area contributed by atoms with Gasteiger partial charge in [0.05, 0.1) is 12.1 Å². The Morgan fingerprint density at radius 1 is 1.33 bits per heavy atom. The van der Waals surface area contributed by atoms with Crippen molar-refractivity contribution in [3.05, 3.63) is 29.8 Å². The molecule has 3 N–H and O–H groups in total. The highest BCUT2D eigenvalue weighted by molar-refractivity contribution is 5.84. The fourth-order valence-electron chi connectivity index (χ4n) is 2.13. The summed E-state index contributed by atoms with van der Waals surface area (Å²) in [4.78, 5) is 11.5. The zero-order chi connectivity index (χ0) is 16.0. The average Bonchev–Trinajstić information content (AvgIpc) is 2.32. The van der Waals surface area contributed by atoms with Crippen molar-refractivity contribution in [2.75, 3.05) is 6.61 Å². The molecule has 4 nitrogen and oxygen atoms in total. The van der Waals surface area contributed by atoms with Crippen molar-refractivity contribution in [1.82, 2.24) is 5.32 Å². The zero-order valence-electron chi connectivity index (χ0n) is 12.6. The molecule has 1 amide bonds. The predicted molar refractivity (Wildman–Crippen MR) is 77.0 cm³/mol. The second kappa shape index (κ2) is 7.36. The molecule has 0 fully saturated rings. The van der Waals surface area contributed by atoms with Gasteiger partial charge in [0, 0.05) is 24.2 Å². The van der Waals surface area contributed by atoms with E-state index in [2.05, 4.69) is 5.32 Å². The average molecular weight is 300 g/mol. The van der Waals surface area contributed by atoms with Crippen LogP contribution in [0.15, 0.2) is 18.2 Å². The van der Waals surface area contributed by atoms with Crippen molar-refractivity contribution in [3.63, 3.8) is 0 Å². The standard InChI is InChI=1S/C15H22F2N2O2/c1-10(2)19-15(3,14(18)20)5-4-6-21-13-8-11(16)7-12(17)9-13/h7-10,19H,4-6H2,1-3H3,(H2,18,20). The Hall–Kier alpha value is -1.69. The number of amides is 1. The molecule has 21 heavy (non-hydrogen) atoms. The van der Waals surface area contributed by atoms with Gasteiger partial charge in [0.2, 0.25) is 5.91 Å². The molecule has 0 bridgehead atoms. The summed E-state index contributed by atoms with van der Waals surface area (Å²) in [6.07, 6.45) is 0.996.